The van der Waals surface area contributed by atoms with E-state index in [1.807, 2.05) is 39.0 Å². The highest BCUT2D eigenvalue weighted by Crippen LogP contribution is 2.29. The lowest BCUT2D eigenvalue weighted by Gasteiger charge is -2.25. The van der Waals surface area contributed by atoms with Crippen LogP contribution in [0.1, 0.15) is 22.3 Å². The van der Waals surface area contributed by atoms with E-state index in [9.17, 15) is 13.2 Å². The maximum absolute atomic E-state index is 13.5. The van der Waals surface area contributed by atoms with Crippen molar-refractivity contribution < 1.29 is 17.9 Å². The van der Waals surface area contributed by atoms with Crippen LogP contribution in [0.4, 0.5) is 5.69 Å². The summed E-state index contributed by atoms with van der Waals surface area (Å²) in [7, 11) is -4.19. The van der Waals surface area contributed by atoms with Gasteiger partial charge in [-0.25, -0.2) is 8.42 Å². The van der Waals surface area contributed by atoms with Crippen molar-refractivity contribution in [1.82, 2.24) is 0 Å². The van der Waals surface area contributed by atoms with Gasteiger partial charge in [-0.15, -0.1) is 0 Å². The van der Waals surface area contributed by atoms with Gasteiger partial charge in [-0.2, -0.15) is 4.31 Å². The summed E-state index contributed by atoms with van der Waals surface area (Å²) < 4.78 is 33.5. The van der Waals surface area contributed by atoms with Gasteiger partial charge in [0.1, 0.15) is 5.75 Å². The van der Waals surface area contributed by atoms with Crippen LogP contribution in [0.15, 0.2) is 65.6 Å². The summed E-state index contributed by atoms with van der Waals surface area (Å²) in [5, 5.41) is 0.404. The molecule has 0 aromatic heterocycles. The van der Waals surface area contributed by atoms with Gasteiger partial charge in [0.15, 0.2) is 6.61 Å². The van der Waals surface area contributed by atoms with Crippen molar-refractivity contribution in [2.45, 2.75) is 32.6 Å². The highest BCUT2D eigenvalue weighted by molar-refractivity contribution is 7.93. The molecule has 0 heterocycles. The van der Waals surface area contributed by atoms with Crippen molar-refractivity contribution in [3.63, 3.8) is 0 Å². The van der Waals surface area contributed by atoms with E-state index in [0.29, 0.717) is 22.0 Å². The summed E-state index contributed by atoms with van der Waals surface area (Å²) in [6.45, 7) is 7.01. The molecule has 0 bridgehead atoms. The number of nitrogens with zero attached hydrogens (tertiary/aromatic N) is 1. The van der Waals surface area contributed by atoms with E-state index < -0.39 is 22.5 Å². The van der Waals surface area contributed by atoms with Crippen LogP contribution in [0.25, 0.3) is 0 Å². The smallest absolute Gasteiger partial charge is 0.278 e. The molecule has 31 heavy (non-hydrogen) atoms. The first-order valence-corrected chi connectivity index (χ1v) is 11.5. The van der Waals surface area contributed by atoms with Gasteiger partial charge in [0.05, 0.1) is 10.6 Å². The number of sulfonamides is 1. The molecule has 3 rings (SSSR count). The van der Waals surface area contributed by atoms with Crippen molar-refractivity contribution >= 4 is 33.2 Å². The maximum atomic E-state index is 13.5. The van der Waals surface area contributed by atoms with Crippen LogP contribution in [0.2, 0.25) is 5.02 Å². The second-order valence-corrected chi connectivity index (χ2v) is 9.69. The molecule has 0 saturated heterocycles. The number of rotatable bonds is 6. The van der Waals surface area contributed by atoms with Gasteiger partial charge in [0, 0.05) is 5.02 Å². The Balaban J connectivity index is 2.02. The number of carbonyl (C=O) groups is 1. The molecular formula is C24H24ClNO4S. The summed E-state index contributed by atoms with van der Waals surface area (Å²) in [4.78, 5) is 13.2. The van der Waals surface area contributed by atoms with Gasteiger partial charge in [-0.05, 0) is 80.8 Å². The molecule has 3 aromatic rings. The first-order chi connectivity index (χ1) is 14.6. The number of aryl methyl sites for hydroxylation is 4. The van der Waals surface area contributed by atoms with E-state index in [0.717, 1.165) is 21.0 Å². The minimum absolute atomic E-state index is 0.0299. The first kappa shape index (κ1) is 22.8. The lowest BCUT2D eigenvalue weighted by Crippen LogP contribution is -2.40. The minimum atomic E-state index is -4.19. The topological polar surface area (TPSA) is 63.7 Å². The fraction of sp³-hybridized carbons (Fsp3) is 0.208. The summed E-state index contributed by atoms with van der Waals surface area (Å²) in [5.41, 5.74) is 3.72. The molecule has 3 aromatic carbocycles. The monoisotopic (exact) mass is 457 g/mol. The average molecular weight is 458 g/mol. The predicted octanol–water partition coefficient (Wildman–Crippen LogP) is 5.37. The number of halogens is 1. The quantitative estimate of drug-likeness (QED) is 0.498. The molecule has 162 valence electrons. The molecule has 0 unspecified atom stereocenters. The van der Waals surface area contributed by atoms with E-state index in [1.54, 1.807) is 25.1 Å². The molecule has 0 atom stereocenters. The Labute approximate surface area is 188 Å². The molecule has 7 heteroatoms. The summed E-state index contributed by atoms with van der Waals surface area (Å²) in [5.74, 6) is -0.160. The van der Waals surface area contributed by atoms with Crippen LogP contribution >= 0.6 is 11.6 Å². The lowest BCUT2D eigenvalue weighted by molar-refractivity contribution is -0.119. The third-order valence-electron chi connectivity index (χ3n) is 4.84. The molecule has 0 N–H and O–H groups in total. The summed E-state index contributed by atoms with van der Waals surface area (Å²) in [6.07, 6.45) is 0. The number of hydrogen-bond donors (Lipinski definition) is 0. The Morgan fingerprint density at radius 1 is 0.871 bits per heavy atom. The van der Waals surface area contributed by atoms with Crippen LogP contribution < -0.4 is 9.04 Å². The van der Waals surface area contributed by atoms with Crippen LogP contribution in [0, 0.1) is 27.7 Å². The number of ether oxygens (including phenoxy) is 1. The number of carbonyl (C=O) groups excluding carboxylic acids is 1. The van der Waals surface area contributed by atoms with Crippen molar-refractivity contribution in [2.75, 3.05) is 10.9 Å². The number of hydrogen-bond acceptors (Lipinski definition) is 4. The first-order valence-electron chi connectivity index (χ1n) is 9.70. The van der Waals surface area contributed by atoms with Gasteiger partial charge in [-0.3, -0.25) is 4.79 Å². The van der Waals surface area contributed by atoms with Gasteiger partial charge in [0.2, 0.25) is 0 Å². The Hall–Kier alpha value is -2.83. The third kappa shape index (κ3) is 5.09. The highest BCUT2D eigenvalue weighted by Gasteiger charge is 2.32. The van der Waals surface area contributed by atoms with Crippen LogP contribution in [0.5, 0.6) is 5.75 Å². The van der Waals surface area contributed by atoms with E-state index in [1.165, 1.54) is 24.3 Å². The molecule has 0 aliphatic rings. The minimum Gasteiger partial charge on any atom is -0.483 e. The SMILES string of the molecule is Cc1ccc(OCC(=O)N(c2cc(C)ccc2C)S(=O)(=O)c2ccc(Cl)cc2)c(C)c1. The third-order valence-corrected chi connectivity index (χ3v) is 6.84. The largest absolute Gasteiger partial charge is 0.483 e. The van der Waals surface area contributed by atoms with Gasteiger partial charge >= 0.3 is 0 Å². The molecule has 0 spiro atoms. The average Bonchev–Trinajstić information content (AvgIpc) is 2.70. The van der Waals surface area contributed by atoms with E-state index in [-0.39, 0.29) is 4.90 Å². The fourth-order valence-electron chi connectivity index (χ4n) is 3.21. The predicted molar refractivity (Wildman–Crippen MR) is 123 cm³/mol. The fourth-order valence-corrected chi connectivity index (χ4v) is 4.80. The second kappa shape index (κ2) is 9.12. The van der Waals surface area contributed by atoms with Crippen molar-refractivity contribution in [3.8, 4) is 5.75 Å². The molecular weight excluding hydrogens is 434 g/mol. The summed E-state index contributed by atoms with van der Waals surface area (Å²) in [6, 6.07) is 16.6. The van der Waals surface area contributed by atoms with Crippen LogP contribution in [0.3, 0.4) is 0 Å². The zero-order valence-electron chi connectivity index (χ0n) is 17.8. The highest BCUT2D eigenvalue weighted by atomic mass is 35.5. The second-order valence-electron chi connectivity index (χ2n) is 7.46. The van der Waals surface area contributed by atoms with E-state index >= 15 is 0 Å². The normalized spacial score (nSPS) is 11.3. The molecule has 5 nitrogen and oxygen atoms in total. The van der Waals surface area contributed by atoms with Crippen molar-refractivity contribution in [3.05, 3.63) is 87.9 Å². The number of anilines is 1. The number of amides is 1. The van der Waals surface area contributed by atoms with Gasteiger partial charge in [0.25, 0.3) is 15.9 Å². The zero-order chi connectivity index (χ0) is 22.8. The summed E-state index contributed by atoms with van der Waals surface area (Å²) >= 11 is 5.91. The molecule has 0 aliphatic carbocycles. The Kier molecular flexibility index (Phi) is 6.72. The van der Waals surface area contributed by atoms with E-state index in [2.05, 4.69) is 0 Å². The Bertz CT molecular complexity index is 1220. The molecule has 0 saturated carbocycles. The molecule has 0 fully saturated rings. The standard InChI is InChI=1S/C24H24ClNO4S/c1-16-6-12-23(19(4)13-16)30-15-24(27)26(22-14-17(2)5-7-18(22)3)31(28,29)21-10-8-20(25)9-11-21/h5-14H,15H2,1-4H3. The van der Waals surface area contributed by atoms with Gasteiger partial charge < -0.3 is 4.74 Å². The number of benzene rings is 3. The van der Waals surface area contributed by atoms with Crippen molar-refractivity contribution in [1.29, 1.82) is 0 Å². The lowest BCUT2D eigenvalue weighted by atomic mass is 10.1. The van der Waals surface area contributed by atoms with E-state index in [4.69, 9.17) is 16.3 Å². The van der Waals surface area contributed by atoms with Crippen LogP contribution in [-0.2, 0) is 14.8 Å². The molecule has 1 amide bonds. The molecule has 0 aliphatic heterocycles. The van der Waals surface area contributed by atoms with Crippen molar-refractivity contribution in [2.24, 2.45) is 0 Å². The Morgan fingerprint density at radius 3 is 2.13 bits per heavy atom. The Morgan fingerprint density at radius 2 is 1.48 bits per heavy atom. The molecule has 0 radical (unpaired) electrons. The maximum Gasteiger partial charge on any atom is 0.278 e. The zero-order valence-corrected chi connectivity index (χ0v) is 19.4. The van der Waals surface area contributed by atoms with Gasteiger partial charge in [-0.1, -0.05) is 41.4 Å². The van der Waals surface area contributed by atoms with Crippen LogP contribution in [-0.4, -0.2) is 20.9 Å².